The molecule has 0 spiro atoms. The summed E-state index contributed by atoms with van der Waals surface area (Å²) in [5, 5.41) is 5.75. The molecule has 2 N–H and O–H groups in total. The normalized spacial score (nSPS) is 10.2. The second-order valence-electron chi connectivity index (χ2n) is 6.24. The van der Waals surface area contributed by atoms with Crippen molar-refractivity contribution in [2.75, 3.05) is 17.2 Å². The van der Waals surface area contributed by atoms with E-state index in [4.69, 9.17) is 9.15 Å². The summed E-state index contributed by atoms with van der Waals surface area (Å²) in [6, 6.07) is 16.9. The molecule has 0 fully saturated rings. The zero-order valence-electron chi connectivity index (χ0n) is 15.8. The molecule has 29 heavy (non-hydrogen) atoms. The van der Waals surface area contributed by atoms with Crippen LogP contribution in [0.2, 0.25) is 0 Å². The van der Waals surface area contributed by atoms with Gasteiger partial charge in [0.25, 0.3) is 0 Å². The number of carbonyl (C=O) groups is 3. The van der Waals surface area contributed by atoms with Crippen LogP contribution in [0.15, 0.2) is 71.3 Å². The molecular formula is C22H20N2O5. The lowest BCUT2D eigenvalue weighted by Crippen LogP contribution is -2.16. The van der Waals surface area contributed by atoms with Crippen LogP contribution in [0.1, 0.15) is 33.4 Å². The predicted octanol–water partition coefficient (Wildman–Crippen LogP) is 3.89. The number of furan rings is 1. The van der Waals surface area contributed by atoms with Gasteiger partial charge in [0.2, 0.25) is 5.91 Å². The van der Waals surface area contributed by atoms with E-state index in [-0.39, 0.29) is 18.3 Å². The summed E-state index contributed by atoms with van der Waals surface area (Å²) in [6.45, 7) is 1.43. The van der Waals surface area contributed by atoms with Crippen LogP contribution < -0.4 is 10.6 Å². The first-order chi connectivity index (χ1) is 14.0. The third-order valence-corrected chi connectivity index (χ3v) is 4.04. The average molecular weight is 392 g/mol. The van der Waals surface area contributed by atoms with Gasteiger partial charge in [-0.05, 0) is 48.5 Å². The summed E-state index contributed by atoms with van der Waals surface area (Å²) in [7, 11) is 0. The number of esters is 1. The first kappa shape index (κ1) is 19.9. The second kappa shape index (κ2) is 9.36. The van der Waals surface area contributed by atoms with E-state index in [0.717, 1.165) is 5.76 Å². The average Bonchev–Trinajstić information content (AvgIpc) is 3.24. The van der Waals surface area contributed by atoms with Crippen LogP contribution in [-0.2, 0) is 16.1 Å². The Bertz CT molecular complexity index is 994. The van der Waals surface area contributed by atoms with Crippen molar-refractivity contribution < 1.29 is 23.5 Å². The highest BCUT2D eigenvalue weighted by molar-refractivity contribution is 6.01. The van der Waals surface area contributed by atoms with Gasteiger partial charge in [0.1, 0.15) is 5.76 Å². The molecule has 0 unspecified atom stereocenters. The van der Waals surface area contributed by atoms with Crippen molar-refractivity contribution in [2.45, 2.75) is 13.5 Å². The van der Waals surface area contributed by atoms with Gasteiger partial charge in [-0.15, -0.1) is 0 Å². The van der Waals surface area contributed by atoms with Crippen LogP contribution >= 0.6 is 0 Å². The predicted molar refractivity (Wildman–Crippen MR) is 108 cm³/mol. The standard InChI is InChI=1S/C22H20N2O5/c1-15(25)24-17-10-8-16(9-11-17)21(26)14-29-22(27)19-6-2-3-7-20(19)23-13-18-5-4-12-28-18/h2-12,23H,13-14H2,1H3,(H,24,25). The van der Waals surface area contributed by atoms with E-state index in [1.807, 2.05) is 6.07 Å². The zero-order chi connectivity index (χ0) is 20.6. The van der Waals surface area contributed by atoms with E-state index >= 15 is 0 Å². The monoisotopic (exact) mass is 392 g/mol. The third kappa shape index (κ3) is 5.55. The van der Waals surface area contributed by atoms with Crippen molar-refractivity contribution in [3.8, 4) is 0 Å². The second-order valence-corrected chi connectivity index (χ2v) is 6.24. The lowest BCUT2D eigenvalue weighted by atomic mass is 10.1. The molecule has 0 radical (unpaired) electrons. The summed E-state index contributed by atoms with van der Waals surface area (Å²) < 4.78 is 10.5. The highest BCUT2D eigenvalue weighted by atomic mass is 16.5. The lowest BCUT2D eigenvalue weighted by molar-refractivity contribution is -0.114. The van der Waals surface area contributed by atoms with Gasteiger partial charge in [-0.1, -0.05) is 12.1 Å². The molecule has 0 bridgehead atoms. The molecule has 1 aromatic heterocycles. The molecule has 148 valence electrons. The topological polar surface area (TPSA) is 97.6 Å². The van der Waals surface area contributed by atoms with Crippen molar-refractivity contribution in [3.05, 3.63) is 83.8 Å². The molecule has 7 heteroatoms. The number of hydrogen-bond donors (Lipinski definition) is 2. The summed E-state index contributed by atoms with van der Waals surface area (Å²) in [6.07, 6.45) is 1.57. The van der Waals surface area contributed by atoms with Gasteiger partial charge in [0.15, 0.2) is 12.4 Å². The number of hydrogen-bond acceptors (Lipinski definition) is 6. The molecule has 0 saturated carbocycles. The Balaban J connectivity index is 1.59. The van der Waals surface area contributed by atoms with Gasteiger partial charge in [-0.3, -0.25) is 9.59 Å². The number of rotatable bonds is 8. The molecule has 0 saturated heterocycles. The zero-order valence-corrected chi connectivity index (χ0v) is 15.8. The minimum atomic E-state index is -0.601. The lowest BCUT2D eigenvalue weighted by Gasteiger charge is -2.11. The van der Waals surface area contributed by atoms with E-state index in [9.17, 15) is 14.4 Å². The maximum atomic E-state index is 12.5. The molecule has 0 atom stereocenters. The van der Waals surface area contributed by atoms with Gasteiger partial charge in [0.05, 0.1) is 18.4 Å². The van der Waals surface area contributed by atoms with Crippen LogP contribution in [0.4, 0.5) is 11.4 Å². The van der Waals surface area contributed by atoms with E-state index in [1.165, 1.54) is 6.92 Å². The number of anilines is 2. The Morgan fingerprint density at radius 1 is 0.966 bits per heavy atom. The number of ether oxygens (including phenoxy) is 1. The molecule has 1 heterocycles. The fourth-order valence-corrected chi connectivity index (χ4v) is 2.65. The van der Waals surface area contributed by atoms with Crippen molar-refractivity contribution >= 4 is 29.0 Å². The fourth-order valence-electron chi connectivity index (χ4n) is 2.65. The molecule has 0 aliphatic rings. The summed E-state index contributed by atoms with van der Waals surface area (Å²) in [5.74, 6) is -0.409. The van der Waals surface area contributed by atoms with Crippen molar-refractivity contribution in [2.24, 2.45) is 0 Å². The quantitative estimate of drug-likeness (QED) is 0.446. The van der Waals surface area contributed by atoms with Crippen LogP contribution in [-0.4, -0.2) is 24.3 Å². The molecule has 1 amide bonds. The van der Waals surface area contributed by atoms with E-state index in [0.29, 0.717) is 29.0 Å². The molecule has 3 aromatic rings. The number of nitrogens with one attached hydrogen (secondary N) is 2. The largest absolute Gasteiger partial charge is 0.467 e. The SMILES string of the molecule is CC(=O)Nc1ccc(C(=O)COC(=O)c2ccccc2NCc2ccco2)cc1. The molecule has 0 aliphatic carbocycles. The van der Waals surface area contributed by atoms with Gasteiger partial charge in [-0.2, -0.15) is 0 Å². The first-order valence-corrected chi connectivity index (χ1v) is 8.96. The van der Waals surface area contributed by atoms with Gasteiger partial charge in [-0.25, -0.2) is 4.79 Å². The fraction of sp³-hybridized carbons (Fsp3) is 0.136. The van der Waals surface area contributed by atoms with Gasteiger partial charge >= 0.3 is 5.97 Å². The van der Waals surface area contributed by atoms with E-state index < -0.39 is 5.97 Å². The Kier molecular flexibility index (Phi) is 6.42. The smallest absolute Gasteiger partial charge is 0.340 e. The number of amides is 1. The Hall–Kier alpha value is -3.87. The third-order valence-electron chi connectivity index (χ3n) is 4.04. The highest BCUT2D eigenvalue weighted by Crippen LogP contribution is 2.18. The highest BCUT2D eigenvalue weighted by Gasteiger charge is 2.15. The minimum Gasteiger partial charge on any atom is -0.467 e. The van der Waals surface area contributed by atoms with Gasteiger partial charge < -0.3 is 19.8 Å². The van der Waals surface area contributed by atoms with Crippen molar-refractivity contribution in [1.82, 2.24) is 0 Å². The molecule has 2 aromatic carbocycles. The number of carbonyl (C=O) groups excluding carboxylic acids is 3. The van der Waals surface area contributed by atoms with Crippen molar-refractivity contribution in [1.29, 1.82) is 0 Å². The van der Waals surface area contributed by atoms with Crippen LogP contribution in [0.25, 0.3) is 0 Å². The van der Waals surface area contributed by atoms with Crippen LogP contribution in [0.3, 0.4) is 0 Å². The number of ketones is 1. The maximum absolute atomic E-state index is 12.5. The van der Waals surface area contributed by atoms with Crippen LogP contribution in [0, 0.1) is 0 Å². The molecule has 7 nitrogen and oxygen atoms in total. The summed E-state index contributed by atoms with van der Waals surface area (Å²) in [5.41, 5.74) is 1.88. The first-order valence-electron chi connectivity index (χ1n) is 8.96. The number of Topliss-reactive ketones (excluding diaryl/α,β-unsaturated/α-hetero) is 1. The Labute approximate surface area is 167 Å². The molecule has 0 aliphatic heterocycles. The summed E-state index contributed by atoms with van der Waals surface area (Å²) >= 11 is 0. The Morgan fingerprint density at radius 3 is 2.41 bits per heavy atom. The van der Waals surface area contributed by atoms with Crippen molar-refractivity contribution in [3.63, 3.8) is 0 Å². The maximum Gasteiger partial charge on any atom is 0.340 e. The molecule has 3 rings (SSSR count). The minimum absolute atomic E-state index is 0.197. The molecular weight excluding hydrogens is 372 g/mol. The van der Waals surface area contributed by atoms with E-state index in [2.05, 4.69) is 10.6 Å². The Morgan fingerprint density at radius 2 is 1.72 bits per heavy atom. The van der Waals surface area contributed by atoms with Crippen LogP contribution in [0.5, 0.6) is 0 Å². The number of para-hydroxylation sites is 1. The summed E-state index contributed by atoms with van der Waals surface area (Å²) in [4.78, 5) is 35.8. The van der Waals surface area contributed by atoms with Gasteiger partial charge in [0, 0.05) is 23.9 Å². The number of benzene rings is 2. The van der Waals surface area contributed by atoms with E-state index in [1.54, 1.807) is 60.9 Å².